The highest BCUT2D eigenvalue weighted by Gasteiger charge is 2.38. The van der Waals surface area contributed by atoms with Crippen LogP contribution in [0.1, 0.15) is 43.2 Å². The van der Waals surface area contributed by atoms with Gasteiger partial charge in [0, 0.05) is 0 Å². The van der Waals surface area contributed by atoms with E-state index in [4.69, 9.17) is 9.47 Å². The molecule has 3 rings (SSSR count). The van der Waals surface area contributed by atoms with Crippen LogP contribution in [0.5, 0.6) is 5.75 Å². The minimum absolute atomic E-state index is 0.248. The Morgan fingerprint density at radius 3 is 2.74 bits per heavy atom. The Morgan fingerprint density at radius 1 is 1.42 bits per heavy atom. The molecule has 102 valence electrons. The van der Waals surface area contributed by atoms with Gasteiger partial charge in [-0.15, -0.1) is 0 Å². The van der Waals surface area contributed by atoms with Gasteiger partial charge in [0.1, 0.15) is 5.75 Å². The Morgan fingerprint density at radius 2 is 2.21 bits per heavy atom. The molecule has 2 heteroatoms. The van der Waals surface area contributed by atoms with Crippen molar-refractivity contribution in [3.63, 3.8) is 0 Å². The van der Waals surface area contributed by atoms with Crippen LogP contribution in [-0.2, 0) is 4.74 Å². The standard InChI is InChI=1S/C17H22O2/c1-3-13-5-8-16(15(9-13)14-6-7-14)19-12-17(4-2)10-18-11-17/h3,5,8-9,14H,1,4,6-7,10-12H2,2H3. The second-order valence-corrected chi connectivity index (χ2v) is 5.91. The van der Waals surface area contributed by atoms with Crippen LogP contribution in [0, 0.1) is 5.41 Å². The zero-order valence-corrected chi connectivity index (χ0v) is 11.7. The first-order valence-corrected chi connectivity index (χ1v) is 7.23. The zero-order chi connectivity index (χ0) is 13.3. The van der Waals surface area contributed by atoms with Crippen LogP contribution in [0.25, 0.3) is 6.08 Å². The summed E-state index contributed by atoms with van der Waals surface area (Å²) in [5.41, 5.74) is 2.80. The molecule has 0 atom stereocenters. The smallest absolute Gasteiger partial charge is 0.122 e. The van der Waals surface area contributed by atoms with Crippen molar-refractivity contribution in [1.82, 2.24) is 0 Å². The summed E-state index contributed by atoms with van der Waals surface area (Å²) < 4.78 is 11.5. The van der Waals surface area contributed by atoms with Crippen molar-refractivity contribution in [2.45, 2.75) is 32.1 Å². The van der Waals surface area contributed by atoms with Crippen LogP contribution in [0.4, 0.5) is 0 Å². The Bertz CT molecular complexity index is 465. The molecule has 1 aliphatic heterocycles. The lowest BCUT2D eigenvalue weighted by Gasteiger charge is -2.40. The molecule has 1 aromatic rings. The molecule has 1 aromatic carbocycles. The van der Waals surface area contributed by atoms with Gasteiger partial charge in [-0.1, -0.05) is 25.6 Å². The van der Waals surface area contributed by atoms with E-state index < -0.39 is 0 Å². The fourth-order valence-corrected chi connectivity index (χ4v) is 2.55. The van der Waals surface area contributed by atoms with Gasteiger partial charge in [0.25, 0.3) is 0 Å². The lowest BCUT2D eigenvalue weighted by Crippen LogP contribution is -2.46. The van der Waals surface area contributed by atoms with E-state index in [-0.39, 0.29) is 5.41 Å². The SMILES string of the molecule is C=Cc1ccc(OCC2(CC)COC2)c(C2CC2)c1. The first kappa shape index (κ1) is 12.7. The maximum atomic E-state index is 6.12. The van der Waals surface area contributed by atoms with Gasteiger partial charge >= 0.3 is 0 Å². The van der Waals surface area contributed by atoms with Crippen molar-refractivity contribution < 1.29 is 9.47 Å². The number of hydrogen-bond donors (Lipinski definition) is 0. The fourth-order valence-electron chi connectivity index (χ4n) is 2.55. The summed E-state index contributed by atoms with van der Waals surface area (Å²) in [6.45, 7) is 8.52. The third-order valence-electron chi connectivity index (χ3n) is 4.39. The van der Waals surface area contributed by atoms with E-state index in [1.807, 2.05) is 6.08 Å². The predicted octanol–water partition coefficient (Wildman–Crippen LogP) is 4.01. The van der Waals surface area contributed by atoms with E-state index >= 15 is 0 Å². The van der Waals surface area contributed by atoms with Crippen molar-refractivity contribution in [2.24, 2.45) is 5.41 Å². The molecule has 1 heterocycles. The third-order valence-corrected chi connectivity index (χ3v) is 4.39. The summed E-state index contributed by atoms with van der Waals surface area (Å²) in [6, 6.07) is 6.42. The molecule has 0 bridgehead atoms. The van der Waals surface area contributed by atoms with Crippen LogP contribution in [0.2, 0.25) is 0 Å². The summed E-state index contributed by atoms with van der Waals surface area (Å²) in [5.74, 6) is 1.76. The van der Waals surface area contributed by atoms with Gasteiger partial charge in [-0.05, 0) is 48.4 Å². The molecule has 0 aromatic heterocycles. The van der Waals surface area contributed by atoms with E-state index in [1.54, 1.807) is 0 Å². The molecule has 1 aliphatic carbocycles. The van der Waals surface area contributed by atoms with Crippen LogP contribution in [0.15, 0.2) is 24.8 Å². The largest absolute Gasteiger partial charge is 0.493 e. The van der Waals surface area contributed by atoms with Crippen molar-refractivity contribution >= 4 is 6.08 Å². The van der Waals surface area contributed by atoms with E-state index in [2.05, 4.69) is 31.7 Å². The third kappa shape index (κ3) is 2.55. The molecule has 2 fully saturated rings. The summed E-state index contributed by atoms with van der Waals surface area (Å²) in [7, 11) is 0. The van der Waals surface area contributed by atoms with E-state index in [9.17, 15) is 0 Å². The zero-order valence-electron chi connectivity index (χ0n) is 11.7. The number of ether oxygens (including phenoxy) is 2. The van der Waals surface area contributed by atoms with Crippen LogP contribution >= 0.6 is 0 Å². The number of benzene rings is 1. The van der Waals surface area contributed by atoms with Crippen LogP contribution in [0.3, 0.4) is 0 Å². The van der Waals surface area contributed by atoms with E-state index in [0.717, 1.165) is 32.0 Å². The molecular formula is C17H22O2. The Kier molecular flexibility index (Phi) is 3.36. The molecule has 2 aliphatic rings. The Hall–Kier alpha value is -1.28. The summed E-state index contributed by atoms with van der Waals surface area (Å²) in [4.78, 5) is 0. The van der Waals surface area contributed by atoms with Crippen molar-refractivity contribution in [2.75, 3.05) is 19.8 Å². The molecule has 19 heavy (non-hydrogen) atoms. The van der Waals surface area contributed by atoms with Crippen molar-refractivity contribution in [3.8, 4) is 5.75 Å². The number of rotatable bonds is 6. The fraction of sp³-hybridized carbons (Fsp3) is 0.529. The normalized spacial score (nSPS) is 20.7. The maximum Gasteiger partial charge on any atom is 0.122 e. The molecular weight excluding hydrogens is 236 g/mol. The van der Waals surface area contributed by atoms with E-state index in [0.29, 0.717) is 5.92 Å². The average molecular weight is 258 g/mol. The highest BCUT2D eigenvalue weighted by atomic mass is 16.5. The molecule has 0 unspecified atom stereocenters. The molecule has 0 amide bonds. The van der Waals surface area contributed by atoms with Crippen LogP contribution in [-0.4, -0.2) is 19.8 Å². The Balaban J connectivity index is 1.74. The van der Waals surface area contributed by atoms with Gasteiger partial charge in [0.15, 0.2) is 0 Å². The maximum absolute atomic E-state index is 6.12. The van der Waals surface area contributed by atoms with Gasteiger partial charge in [-0.2, -0.15) is 0 Å². The predicted molar refractivity (Wildman–Crippen MR) is 77.5 cm³/mol. The second kappa shape index (κ2) is 5.01. The monoisotopic (exact) mass is 258 g/mol. The minimum Gasteiger partial charge on any atom is -0.493 e. The molecule has 0 spiro atoms. The highest BCUT2D eigenvalue weighted by molar-refractivity contribution is 5.53. The molecule has 0 N–H and O–H groups in total. The Labute approximate surface area is 115 Å². The molecule has 1 saturated carbocycles. The first-order valence-electron chi connectivity index (χ1n) is 7.23. The summed E-state index contributed by atoms with van der Waals surface area (Å²) in [6.07, 6.45) is 5.61. The minimum atomic E-state index is 0.248. The average Bonchev–Trinajstić information content (AvgIpc) is 3.22. The summed E-state index contributed by atoms with van der Waals surface area (Å²) >= 11 is 0. The van der Waals surface area contributed by atoms with Gasteiger partial charge in [0.2, 0.25) is 0 Å². The molecule has 0 radical (unpaired) electrons. The molecule has 2 nitrogen and oxygen atoms in total. The first-order chi connectivity index (χ1) is 9.26. The van der Waals surface area contributed by atoms with Crippen LogP contribution < -0.4 is 4.74 Å². The lowest BCUT2D eigenvalue weighted by molar-refractivity contribution is -0.133. The quantitative estimate of drug-likeness (QED) is 0.767. The van der Waals surface area contributed by atoms with Gasteiger partial charge in [-0.25, -0.2) is 0 Å². The molecule has 1 saturated heterocycles. The summed E-state index contributed by atoms with van der Waals surface area (Å²) in [5, 5.41) is 0. The van der Waals surface area contributed by atoms with Gasteiger partial charge in [-0.3, -0.25) is 0 Å². The van der Waals surface area contributed by atoms with Gasteiger partial charge in [0.05, 0.1) is 25.2 Å². The van der Waals surface area contributed by atoms with Gasteiger partial charge < -0.3 is 9.47 Å². The van der Waals surface area contributed by atoms with Crippen molar-refractivity contribution in [3.05, 3.63) is 35.9 Å². The second-order valence-electron chi connectivity index (χ2n) is 5.91. The topological polar surface area (TPSA) is 18.5 Å². The lowest BCUT2D eigenvalue weighted by atomic mass is 9.84. The highest BCUT2D eigenvalue weighted by Crippen LogP contribution is 2.45. The van der Waals surface area contributed by atoms with E-state index in [1.165, 1.54) is 24.0 Å². The number of hydrogen-bond acceptors (Lipinski definition) is 2. The van der Waals surface area contributed by atoms with Crippen molar-refractivity contribution in [1.29, 1.82) is 0 Å².